The summed E-state index contributed by atoms with van der Waals surface area (Å²) in [5.41, 5.74) is 1.95. The molecule has 0 aliphatic rings. The van der Waals surface area contributed by atoms with E-state index in [1.165, 1.54) is 9.25 Å². The van der Waals surface area contributed by atoms with Crippen molar-refractivity contribution in [2.24, 2.45) is 21.1 Å². The van der Waals surface area contributed by atoms with Gasteiger partial charge in [-0.1, -0.05) is 0 Å². The van der Waals surface area contributed by atoms with Crippen molar-refractivity contribution in [1.29, 1.82) is 0 Å². The minimum Gasteiger partial charge on any atom is -0.315 e. The largest absolute Gasteiger partial charge is 0.315 e. The van der Waals surface area contributed by atoms with Crippen molar-refractivity contribution in [3.8, 4) is 0 Å². The highest BCUT2D eigenvalue weighted by Gasteiger charge is 2.17. The maximum absolute atomic E-state index is 12.0. The smallest absolute Gasteiger partial charge is 0.276 e. The molecule has 16 heavy (non-hydrogen) atoms. The first-order valence-electron chi connectivity index (χ1n) is 5.09. The fourth-order valence-electron chi connectivity index (χ4n) is 2.14. The van der Waals surface area contributed by atoms with Crippen LogP contribution in [0.5, 0.6) is 0 Å². The molecule has 0 aliphatic carbocycles. The zero-order valence-electron chi connectivity index (χ0n) is 10.2. The topological polar surface area (TPSA) is 48.9 Å². The molecule has 2 heterocycles. The van der Waals surface area contributed by atoms with Gasteiger partial charge in [0.15, 0.2) is 0 Å². The van der Waals surface area contributed by atoms with Gasteiger partial charge in [-0.05, 0) is 13.8 Å². The number of fused-ring (bicyclic) bond motifs is 1. The van der Waals surface area contributed by atoms with E-state index in [1.54, 1.807) is 39.7 Å². The van der Waals surface area contributed by atoms with Gasteiger partial charge >= 0.3 is 0 Å². The highest BCUT2D eigenvalue weighted by atomic mass is 16.1. The summed E-state index contributed by atoms with van der Waals surface area (Å²) in [5, 5.41) is 0.629. The van der Waals surface area contributed by atoms with Crippen molar-refractivity contribution in [1.82, 2.24) is 13.9 Å². The van der Waals surface area contributed by atoms with E-state index in [1.807, 2.05) is 0 Å². The molecule has 0 saturated carbocycles. The Morgan fingerprint density at radius 2 is 1.44 bits per heavy atom. The minimum atomic E-state index is -0.0614. The van der Waals surface area contributed by atoms with Gasteiger partial charge in [0.1, 0.15) is 0 Å². The molecule has 0 spiro atoms. The van der Waals surface area contributed by atoms with Gasteiger partial charge in [-0.15, -0.1) is 0 Å². The molecule has 0 fully saturated rings. The number of nitrogens with zero attached hydrogens (tertiary/aromatic N) is 3. The SMILES string of the molecule is Cc1c(=O)n(C)c(C)c2c(=O)n(C)n(C)c12. The van der Waals surface area contributed by atoms with E-state index in [2.05, 4.69) is 0 Å². The first kappa shape index (κ1) is 10.7. The Kier molecular flexibility index (Phi) is 2.08. The molecule has 0 N–H and O–H groups in total. The average Bonchev–Trinajstić information content (AvgIpc) is 2.48. The van der Waals surface area contributed by atoms with Gasteiger partial charge in [-0.25, -0.2) is 0 Å². The maximum Gasteiger partial charge on any atom is 0.276 e. The quantitative estimate of drug-likeness (QED) is 0.637. The Morgan fingerprint density at radius 3 is 2.00 bits per heavy atom. The second-order valence-electron chi connectivity index (χ2n) is 4.15. The Morgan fingerprint density at radius 1 is 0.875 bits per heavy atom. The molecule has 0 aromatic carbocycles. The number of hydrogen-bond acceptors (Lipinski definition) is 2. The third-order valence-corrected chi connectivity index (χ3v) is 3.36. The lowest BCUT2D eigenvalue weighted by Gasteiger charge is -2.07. The van der Waals surface area contributed by atoms with Crippen molar-refractivity contribution in [3.63, 3.8) is 0 Å². The van der Waals surface area contributed by atoms with Crippen LogP contribution in [0.1, 0.15) is 11.3 Å². The molecule has 0 atom stereocenters. The first-order valence-corrected chi connectivity index (χ1v) is 5.09. The summed E-state index contributed by atoms with van der Waals surface area (Å²) < 4.78 is 4.77. The van der Waals surface area contributed by atoms with Gasteiger partial charge in [-0.2, -0.15) is 0 Å². The summed E-state index contributed by atoms with van der Waals surface area (Å²) in [5.74, 6) is 0. The van der Waals surface area contributed by atoms with E-state index < -0.39 is 0 Å². The van der Waals surface area contributed by atoms with E-state index in [4.69, 9.17) is 0 Å². The maximum atomic E-state index is 12.0. The van der Waals surface area contributed by atoms with Crippen molar-refractivity contribution in [2.75, 3.05) is 0 Å². The number of aryl methyl sites for hydroxylation is 3. The average molecular weight is 221 g/mol. The molecule has 2 aromatic heterocycles. The predicted octanol–water partition coefficient (Wildman–Crippen LogP) is 0.193. The molecule has 86 valence electrons. The summed E-state index contributed by atoms with van der Waals surface area (Å²) in [6.07, 6.45) is 0. The van der Waals surface area contributed by atoms with E-state index in [-0.39, 0.29) is 11.1 Å². The van der Waals surface area contributed by atoms with Crippen LogP contribution in [-0.4, -0.2) is 13.9 Å². The van der Waals surface area contributed by atoms with Crippen molar-refractivity contribution >= 4 is 10.9 Å². The van der Waals surface area contributed by atoms with Crippen molar-refractivity contribution in [3.05, 3.63) is 32.0 Å². The molecule has 5 nitrogen and oxygen atoms in total. The number of aromatic nitrogens is 3. The summed E-state index contributed by atoms with van der Waals surface area (Å²) >= 11 is 0. The first-order chi connectivity index (χ1) is 7.37. The summed E-state index contributed by atoms with van der Waals surface area (Å²) in [7, 11) is 5.18. The fourth-order valence-corrected chi connectivity index (χ4v) is 2.14. The van der Waals surface area contributed by atoms with Crippen LogP contribution in [0.4, 0.5) is 0 Å². The minimum absolute atomic E-state index is 0.0498. The summed E-state index contributed by atoms with van der Waals surface area (Å²) in [6.45, 7) is 3.55. The normalized spacial score (nSPS) is 11.3. The van der Waals surface area contributed by atoms with Crippen LogP contribution in [0.3, 0.4) is 0 Å². The molecule has 0 saturated heterocycles. The van der Waals surface area contributed by atoms with Crippen LogP contribution in [-0.2, 0) is 21.1 Å². The third-order valence-electron chi connectivity index (χ3n) is 3.36. The van der Waals surface area contributed by atoms with Gasteiger partial charge in [0.05, 0.1) is 10.9 Å². The van der Waals surface area contributed by atoms with Crippen LogP contribution in [0, 0.1) is 13.8 Å². The van der Waals surface area contributed by atoms with E-state index in [9.17, 15) is 9.59 Å². The molecule has 0 amide bonds. The van der Waals surface area contributed by atoms with Gasteiger partial charge in [-0.3, -0.25) is 19.0 Å². The van der Waals surface area contributed by atoms with Gasteiger partial charge in [0.25, 0.3) is 11.1 Å². The number of pyridine rings is 1. The molecule has 2 aromatic rings. The molecule has 0 radical (unpaired) electrons. The van der Waals surface area contributed by atoms with Gasteiger partial charge in [0.2, 0.25) is 0 Å². The molecule has 2 rings (SSSR count). The van der Waals surface area contributed by atoms with Crippen LogP contribution < -0.4 is 11.1 Å². The monoisotopic (exact) mass is 221 g/mol. The second-order valence-corrected chi connectivity index (χ2v) is 4.15. The van der Waals surface area contributed by atoms with Crippen molar-refractivity contribution < 1.29 is 0 Å². The predicted molar refractivity (Wildman–Crippen MR) is 62.9 cm³/mol. The van der Waals surface area contributed by atoms with Crippen LogP contribution in [0.15, 0.2) is 9.59 Å². The summed E-state index contributed by atoms with van der Waals surface area (Å²) in [6, 6.07) is 0. The molecular formula is C11H15N3O2. The lowest BCUT2D eigenvalue weighted by molar-refractivity contribution is 0.594. The lowest BCUT2D eigenvalue weighted by Crippen LogP contribution is -2.23. The summed E-state index contributed by atoms with van der Waals surface area (Å²) in [4.78, 5) is 23.9. The standard InChI is InChI=1S/C11H15N3O2/c1-6-9-8(7(2)12(3)10(6)15)11(16)14(5)13(9)4/h1-5H3. The van der Waals surface area contributed by atoms with Crippen LogP contribution in [0.2, 0.25) is 0 Å². The third kappa shape index (κ3) is 1.05. The van der Waals surface area contributed by atoms with E-state index in [0.717, 1.165) is 5.52 Å². The Bertz CT molecular complexity index is 701. The number of hydrogen-bond donors (Lipinski definition) is 0. The second kappa shape index (κ2) is 3.10. The van der Waals surface area contributed by atoms with Gasteiger partial charge in [0, 0.05) is 32.4 Å². The lowest BCUT2D eigenvalue weighted by atomic mass is 10.2. The molecule has 0 bridgehead atoms. The number of rotatable bonds is 0. The zero-order valence-corrected chi connectivity index (χ0v) is 10.2. The Labute approximate surface area is 92.5 Å². The molecule has 5 heteroatoms. The zero-order chi connectivity index (χ0) is 12.2. The van der Waals surface area contributed by atoms with Crippen LogP contribution in [0.25, 0.3) is 10.9 Å². The highest BCUT2D eigenvalue weighted by Crippen LogP contribution is 2.15. The van der Waals surface area contributed by atoms with Gasteiger partial charge < -0.3 is 4.57 Å². The van der Waals surface area contributed by atoms with E-state index >= 15 is 0 Å². The molecule has 0 aliphatic heterocycles. The molecule has 0 unspecified atom stereocenters. The highest BCUT2D eigenvalue weighted by molar-refractivity contribution is 5.83. The van der Waals surface area contributed by atoms with E-state index in [0.29, 0.717) is 16.6 Å². The van der Waals surface area contributed by atoms with Crippen molar-refractivity contribution in [2.45, 2.75) is 13.8 Å². The Balaban J connectivity index is 3.29. The van der Waals surface area contributed by atoms with Crippen LogP contribution >= 0.6 is 0 Å². The molecular weight excluding hydrogens is 206 g/mol. The fraction of sp³-hybridized carbons (Fsp3) is 0.455. The Hall–Kier alpha value is -1.78.